The van der Waals surface area contributed by atoms with Gasteiger partial charge < -0.3 is 9.15 Å². The van der Waals surface area contributed by atoms with Crippen molar-refractivity contribution in [2.45, 2.75) is 45.8 Å². The summed E-state index contributed by atoms with van der Waals surface area (Å²) < 4.78 is 35.5. The van der Waals surface area contributed by atoms with Crippen LogP contribution < -0.4 is 4.74 Å². The van der Waals surface area contributed by atoms with E-state index in [1.807, 2.05) is 0 Å². The molecule has 2 aromatic rings. The van der Waals surface area contributed by atoms with Gasteiger partial charge in [0.05, 0.1) is 18.6 Å². The van der Waals surface area contributed by atoms with Gasteiger partial charge in [-0.1, -0.05) is 20.3 Å². The maximum absolute atomic E-state index is 12.4. The number of rotatable bonds is 10. The quantitative estimate of drug-likeness (QED) is 0.607. The Labute approximate surface area is 160 Å². The number of hydrogen-bond acceptors (Lipinski definition) is 6. The molecule has 0 spiro atoms. The predicted octanol–water partition coefficient (Wildman–Crippen LogP) is 3.97. The van der Waals surface area contributed by atoms with Crippen LogP contribution in [-0.4, -0.2) is 32.0 Å². The van der Waals surface area contributed by atoms with E-state index in [0.29, 0.717) is 35.4 Å². The third-order valence-electron chi connectivity index (χ3n) is 4.20. The van der Waals surface area contributed by atoms with Gasteiger partial charge in [0.1, 0.15) is 23.0 Å². The molecule has 1 heterocycles. The van der Waals surface area contributed by atoms with E-state index in [-0.39, 0.29) is 11.5 Å². The van der Waals surface area contributed by atoms with Gasteiger partial charge in [-0.2, -0.15) is 0 Å². The number of nitrogens with zero attached hydrogens (tertiary/aromatic N) is 1. The number of carbonyl (C=O) groups is 1. The lowest BCUT2D eigenvalue weighted by Gasteiger charge is -2.05. The van der Waals surface area contributed by atoms with Crippen molar-refractivity contribution in [1.82, 2.24) is 4.98 Å². The Morgan fingerprint density at radius 2 is 1.89 bits per heavy atom. The lowest BCUT2D eigenvalue weighted by molar-refractivity contribution is -0.116. The summed E-state index contributed by atoms with van der Waals surface area (Å²) in [6.07, 6.45) is 1.93. The van der Waals surface area contributed by atoms with Gasteiger partial charge >= 0.3 is 0 Å². The second kappa shape index (κ2) is 9.17. The van der Waals surface area contributed by atoms with Crippen molar-refractivity contribution in [1.29, 1.82) is 0 Å². The average Bonchev–Trinajstić information content (AvgIpc) is 2.94. The fourth-order valence-electron chi connectivity index (χ4n) is 2.70. The maximum atomic E-state index is 12.4. The molecular weight excluding hydrogens is 366 g/mol. The Hall–Kier alpha value is -2.15. The summed E-state index contributed by atoms with van der Waals surface area (Å²) in [5, 5.41) is 0. The normalized spacial score (nSPS) is 11.7. The number of benzene rings is 1. The number of Topliss-reactive ketones (excluding diaryl/α,β-unsaturated/α-hetero) is 1. The summed E-state index contributed by atoms with van der Waals surface area (Å²) in [7, 11) is -2.00. The molecule has 0 aliphatic heterocycles. The molecule has 0 radical (unpaired) electrons. The second-order valence-corrected chi connectivity index (χ2v) is 9.17. The lowest BCUT2D eigenvalue weighted by atomic mass is 10.1. The first-order chi connectivity index (χ1) is 12.7. The Morgan fingerprint density at radius 3 is 2.48 bits per heavy atom. The van der Waals surface area contributed by atoms with Crippen LogP contribution in [0.2, 0.25) is 0 Å². The van der Waals surface area contributed by atoms with Crippen molar-refractivity contribution in [3.63, 3.8) is 0 Å². The molecule has 7 heteroatoms. The summed E-state index contributed by atoms with van der Waals surface area (Å²) in [4.78, 5) is 16.3. The van der Waals surface area contributed by atoms with Crippen LogP contribution in [0.4, 0.5) is 0 Å². The zero-order valence-electron chi connectivity index (χ0n) is 16.3. The number of aromatic nitrogens is 1. The number of carbonyl (C=O) groups excluding carboxylic acids is 1. The molecule has 0 aliphatic rings. The number of methoxy groups -OCH3 is 1. The highest BCUT2D eigenvalue weighted by Crippen LogP contribution is 2.25. The van der Waals surface area contributed by atoms with Crippen molar-refractivity contribution < 1.29 is 22.4 Å². The van der Waals surface area contributed by atoms with Gasteiger partial charge in [-0.05, 0) is 43.5 Å². The fourth-order valence-corrected chi connectivity index (χ4v) is 4.12. The van der Waals surface area contributed by atoms with E-state index in [1.165, 1.54) is 0 Å². The van der Waals surface area contributed by atoms with Crippen LogP contribution in [0.5, 0.6) is 5.75 Å². The molecule has 0 saturated heterocycles. The predicted molar refractivity (Wildman–Crippen MR) is 104 cm³/mol. The summed E-state index contributed by atoms with van der Waals surface area (Å²) in [5.74, 6) is 1.01. The van der Waals surface area contributed by atoms with Crippen molar-refractivity contribution >= 4 is 15.6 Å². The molecule has 0 fully saturated rings. The molecule has 148 valence electrons. The molecule has 27 heavy (non-hydrogen) atoms. The van der Waals surface area contributed by atoms with E-state index in [1.54, 1.807) is 38.3 Å². The molecule has 0 atom stereocenters. The minimum Gasteiger partial charge on any atom is -0.497 e. The van der Waals surface area contributed by atoms with E-state index >= 15 is 0 Å². The number of oxazole rings is 1. The Bertz CT molecular complexity index is 866. The topological polar surface area (TPSA) is 86.5 Å². The van der Waals surface area contributed by atoms with Gasteiger partial charge in [0.25, 0.3) is 0 Å². The van der Waals surface area contributed by atoms with Crippen molar-refractivity contribution in [3.8, 4) is 17.2 Å². The first-order valence-electron chi connectivity index (χ1n) is 9.03. The molecule has 0 bridgehead atoms. The molecule has 0 unspecified atom stereocenters. The van der Waals surface area contributed by atoms with Gasteiger partial charge in [0.2, 0.25) is 5.89 Å². The van der Waals surface area contributed by atoms with Crippen molar-refractivity contribution in [3.05, 3.63) is 35.7 Å². The highest BCUT2D eigenvalue weighted by atomic mass is 32.2. The van der Waals surface area contributed by atoms with Crippen molar-refractivity contribution in [2.24, 2.45) is 5.92 Å². The van der Waals surface area contributed by atoms with Crippen LogP contribution in [0.3, 0.4) is 0 Å². The van der Waals surface area contributed by atoms with E-state index in [4.69, 9.17) is 9.15 Å². The molecule has 0 N–H and O–H groups in total. The van der Waals surface area contributed by atoms with E-state index in [0.717, 1.165) is 18.4 Å². The van der Waals surface area contributed by atoms with E-state index in [2.05, 4.69) is 18.8 Å². The molecular formula is C20H27NO5S. The van der Waals surface area contributed by atoms with E-state index in [9.17, 15) is 13.2 Å². The van der Waals surface area contributed by atoms with Crippen LogP contribution in [0, 0.1) is 12.8 Å². The second-order valence-electron chi connectivity index (χ2n) is 7.11. The highest BCUT2D eigenvalue weighted by molar-refractivity contribution is 7.91. The number of ether oxygens (including phenoxy) is 1. The molecule has 0 saturated carbocycles. The summed E-state index contributed by atoms with van der Waals surface area (Å²) in [6, 6.07) is 7.14. The average molecular weight is 394 g/mol. The Balaban J connectivity index is 2.03. The standard InChI is InChI=1S/C20H27NO5S/c1-14(2)6-5-7-17(22)12-27(23,24)13-19-15(3)26-20(21-19)16-8-10-18(25-4)11-9-16/h8-11,14H,5-7,12-13H2,1-4H3. The minimum absolute atomic E-state index is 0.243. The van der Waals surface area contributed by atoms with Gasteiger partial charge in [0, 0.05) is 12.0 Å². The third kappa shape index (κ3) is 6.50. The summed E-state index contributed by atoms with van der Waals surface area (Å²) in [5.41, 5.74) is 1.07. The minimum atomic E-state index is -3.58. The van der Waals surface area contributed by atoms with Gasteiger partial charge in [-0.3, -0.25) is 4.79 Å². The summed E-state index contributed by atoms with van der Waals surface area (Å²) >= 11 is 0. The molecule has 6 nitrogen and oxygen atoms in total. The van der Waals surface area contributed by atoms with Gasteiger partial charge in [-0.15, -0.1) is 0 Å². The zero-order valence-corrected chi connectivity index (χ0v) is 17.1. The van der Waals surface area contributed by atoms with Gasteiger partial charge in [0.15, 0.2) is 9.84 Å². The van der Waals surface area contributed by atoms with E-state index < -0.39 is 15.6 Å². The lowest BCUT2D eigenvalue weighted by Crippen LogP contribution is -2.18. The largest absolute Gasteiger partial charge is 0.497 e. The number of sulfone groups is 1. The first-order valence-corrected chi connectivity index (χ1v) is 10.8. The first kappa shape index (κ1) is 21.2. The monoisotopic (exact) mass is 393 g/mol. The number of ketones is 1. The van der Waals surface area contributed by atoms with Gasteiger partial charge in [-0.25, -0.2) is 13.4 Å². The molecule has 2 rings (SSSR count). The number of hydrogen-bond donors (Lipinski definition) is 0. The molecule has 1 aromatic carbocycles. The van der Waals surface area contributed by atoms with Crippen molar-refractivity contribution in [2.75, 3.05) is 12.9 Å². The fraction of sp³-hybridized carbons (Fsp3) is 0.500. The van der Waals surface area contributed by atoms with Crippen LogP contribution >= 0.6 is 0 Å². The van der Waals surface area contributed by atoms with Crippen LogP contribution in [-0.2, 0) is 20.4 Å². The maximum Gasteiger partial charge on any atom is 0.226 e. The third-order valence-corrected chi connectivity index (χ3v) is 5.68. The zero-order chi connectivity index (χ0) is 20.0. The van der Waals surface area contributed by atoms with Crippen LogP contribution in [0.1, 0.15) is 44.6 Å². The smallest absolute Gasteiger partial charge is 0.226 e. The Morgan fingerprint density at radius 1 is 1.22 bits per heavy atom. The highest BCUT2D eigenvalue weighted by Gasteiger charge is 2.22. The van der Waals surface area contributed by atoms with Crippen LogP contribution in [0.15, 0.2) is 28.7 Å². The Kier molecular flexibility index (Phi) is 7.18. The molecule has 1 aromatic heterocycles. The number of aryl methyl sites for hydroxylation is 1. The SMILES string of the molecule is COc1ccc(-c2nc(CS(=O)(=O)CC(=O)CCCC(C)C)c(C)o2)cc1. The summed E-state index contributed by atoms with van der Waals surface area (Å²) in [6.45, 7) is 5.83. The molecule has 0 aliphatic carbocycles. The molecule has 0 amide bonds. The van der Waals surface area contributed by atoms with Crippen LogP contribution in [0.25, 0.3) is 11.5 Å².